The van der Waals surface area contributed by atoms with Crippen LogP contribution < -0.4 is 0 Å². The lowest BCUT2D eigenvalue weighted by atomic mass is 10.0. The number of ketones is 1. The van der Waals surface area contributed by atoms with Crippen LogP contribution in [0.15, 0.2) is 24.4 Å². The average Bonchev–Trinajstić information content (AvgIpc) is 2.72. The van der Waals surface area contributed by atoms with Crippen molar-refractivity contribution in [2.24, 2.45) is 11.3 Å². The van der Waals surface area contributed by atoms with E-state index >= 15 is 0 Å². The second-order valence-electron chi connectivity index (χ2n) is 5.50. The standard InChI is InChI=1S/C14H14ClNO/c1-14(2)6-11(14)13(17)10-7-16-12-4-3-8(15)5-9(10)12/h3-5,7,11,16H,6H2,1-2H3. The van der Waals surface area contributed by atoms with E-state index in [0.717, 1.165) is 22.9 Å². The third-order valence-corrected chi connectivity index (χ3v) is 3.97. The van der Waals surface area contributed by atoms with Gasteiger partial charge in [0, 0.05) is 33.6 Å². The monoisotopic (exact) mass is 247 g/mol. The maximum atomic E-state index is 12.3. The van der Waals surface area contributed by atoms with Gasteiger partial charge in [-0.2, -0.15) is 0 Å². The molecule has 0 spiro atoms. The van der Waals surface area contributed by atoms with Gasteiger partial charge in [-0.15, -0.1) is 0 Å². The van der Waals surface area contributed by atoms with Crippen molar-refractivity contribution in [2.45, 2.75) is 20.3 Å². The molecule has 1 heterocycles. The zero-order valence-corrected chi connectivity index (χ0v) is 10.6. The number of hydrogen-bond donors (Lipinski definition) is 1. The molecule has 1 saturated carbocycles. The smallest absolute Gasteiger partial charge is 0.168 e. The van der Waals surface area contributed by atoms with E-state index in [-0.39, 0.29) is 17.1 Å². The Morgan fingerprint density at radius 1 is 1.47 bits per heavy atom. The van der Waals surface area contributed by atoms with Crippen LogP contribution in [0.4, 0.5) is 0 Å². The van der Waals surface area contributed by atoms with Crippen LogP contribution >= 0.6 is 11.6 Å². The van der Waals surface area contributed by atoms with Gasteiger partial charge in [-0.05, 0) is 30.0 Å². The van der Waals surface area contributed by atoms with Crippen molar-refractivity contribution in [3.8, 4) is 0 Å². The molecular weight excluding hydrogens is 234 g/mol. The van der Waals surface area contributed by atoms with E-state index in [1.807, 2.05) is 18.2 Å². The summed E-state index contributed by atoms with van der Waals surface area (Å²) in [5.74, 6) is 0.406. The minimum atomic E-state index is 0.166. The molecule has 0 saturated heterocycles. The fraction of sp³-hybridized carbons (Fsp3) is 0.357. The van der Waals surface area contributed by atoms with E-state index in [9.17, 15) is 4.79 Å². The van der Waals surface area contributed by atoms with Gasteiger partial charge in [-0.1, -0.05) is 25.4 Å². The molecule has 0 amide bonds. The van der Waals surface area contributed by atoms with Gasteiger partial charge in [0.25, 0.3) is 0 Å². The number of halogens is 1. The van der Waals surface area contributed by atoms with Gasteiger partial charge in [-0.25, -0.2) is 0 Å². The van der Waals surface area contributed by atoms with E-state index in [4.69, 9.17) is 11.6 Å². The molecule has 1 N–H and O–H groups in total. The minimum Gasteiger partial charge on any atom is -0.360 e. The predicted octanol–water partition coefficient (Wildman–Crippen LogP) is 4.05. The Bertz CT molecular complexity index is 612. The second-order valence-corrected chi connectivity index (χ2v) is 5.94. The lowest BCUT2D eigenvalue weighted by Gasteiger charge is -2.01. The van der Waals surface area contributed by atoms with Gasteiger partial charge >= 0.3 is 0 Å². The number of H-pyrrole nitrogens is 1. The van der Waals surface area contributed by atoms with Gasteiger partial charge in [0.2, 0.25) is 0 Å². The summed E-state index contributed by atoms with van der Waals surface area (Å²) in [6, 6.07) is 5.60. The number of benzene rings is 1. The zero-order chi connectivity index (χ0) is 12.2. The number of carbonyl (C=O) groups is 1. The lowest BCUT2D eigenvalue weighted by Crippen LogP contribution is -2.05. The van der Waals surface area contributed by atoms with Gasteiger partial charge in [0.15, 0.2) is 5.78 Å². The summed E-state index contributed by atoms with van der Waals surface area (Å²) < 4.78 is 0. The Balaban J connectivity index is 2.06. The highest BCUT2D eigenvalue weighted by Crippen LogP contribution is 2.53. The summed E-state index contributed by atoms with van der Waals surface area (Å²) in [4.78, 5) is 15.5. The Hall–Kier alpha value is -1.28. The van der Waals surface area contributed by atoms with Crippen molar-refractivity contribution >= 4 is 28.3 Å². The Morgan fingerprint density at radius 2 is 2.18 bits per heavy atom. The first-order valence-electron chi connectivity index (χ1n) is 5.80. The van der Waals surface area contributed by atoms with Crippen molar-refractivity contribution < 1.29 is 4.79 Å². The Labute approximate surface area is 105 Å². The molecule has 1 aliphatic rings. The SMILES string of the molecule is CC1(C)CC1C(=O)c1c[nH]c2ccc(Cl)cc12. The first kappa shape index (κ1) is 10.8. The molecule has 3 rings (SSSR count). The van der Waals surface area contributed by atoms with Crippen molar-refractivity contribution in [3.05, 3.63) is 35.0 Å². The van der Waals surface area contributed by atoms with E-state index in [1.54, 1.807) is 6.20 Å². The number of rotatable bonds is 2. The van der Waals surface area contributed by atoms with Crippen LogP contribution in [-0.4, -0.2) is 10.8 Å². The molecule has 0 aliphatic heterocycles. The van der Waals surface area contributed by atoms with Gasteiger partial charge in [0.05, 0.1) is 0 Å². The number of Topliss-reactive ketones (excluding diaryl/α,β-unsaturated/α-hetero) is 1. The van der Waals surface area contributed by atoms with Gasteiger partial charge in [-0.3, -0.25) is 4.79 Å². The van der Waals surface area contributed by atoms with Crippen LogP contribution in [0, 0.1) is 11.3 Å². The van der Waals surface area contributed by atoms with Crippen LogP contribution in [-0.2, 0) is 0 Å². The van der Waals surface area contributed by atoms with Crippen molar-refractivity contribution in [3.63, 3.8) is 0 Å². The minimum absolute atomic E-state index is 0.166. The molecule has 3 heteroatoms. The predicted molar refractivity (Wildman–Crippen MR) is 69.5 cm³/mol. The number of carbonyl (C=O) groups excluding carboxylic acids is 1. The summed E-state index contributed by atoms with van der Waals surface area (Å²) in [6.07, 6.45) is 2.79. The topological polar surface area (TPSA) is 32.9 Å². The van der Waals surface area contributed by atoms with E-state index in [1.165, 1.54) is 0 Å². The van der Waals surface area contributed by atoms with E-state index in [2.05, 4.69) is 18.8 Å². The highest BCUT2D eigenvalue weighted by molar-refractivity contribution is 6.31. The number of aromatic amines is 1. The Kier molecular flexibility index (Phi) is 2.14. The molecule has 1 fully saturated rings. The maximum Gasteiger partial charge on any atom is 0.168 e. The molecule has 1 aliphatic carbocycles. The first-order valence-corrected chi connectivity index (χ1v) is 6.18. The largest absolute Gasteiger partial charge is 0.360 e. The highest BCUT2D eigenvalue weighted by Gasteiger charge is 2.50. The number of fused-ring (bicyclic) bond motifs is 1. The molecule has 0 bridgehead atoms. The number of hydrogen-bond acceptors (Lipinski definition) is 1. The second kappa shape index (κ2) is 3.36. The molecule has 88 valence electrons. The molecule has 1 aromatic heterocycles. The molecule has 1 aromatic carbocycles. The zero-order valence-electron chi connectivity index (χ0n) is 9.88. The highest BCUT2D eigenvalue weighted by atomic mass is 35.5. The van der Waals surface area contributed by atoms with Crippen LogP contribution in [0.2, 0.25) is 5.02 Å². The quantitative estimate of drug-likeness (QED) is 0.798. The van der Waals surface area contributed by atoms with Crippen LogP contribution in [0.1, 0.15) is 30.6 Å². The summed E-state index contributed by atoms with van der Waals surface area (Å²) in [5, 5.41) is 1.60. The third-order valence-electron chi connectivity index (χ3n) is 3.74. The van der Waals surface area contributed by atoms with E-state index < -0.39 is 0 Å². The summed E-state index contributed by atoms with van der Waals surface area (Å²) in [6.45, 7) is 4.27. The van der Waals surface area contributed by atoms with Gasteiger partial charge < -0.3 is 4.98 Å². The number of aromatic nitrogens is 1. The molecule has 1 atom stereocenters. The van der Waals surface area contributed by atoms with Crippen molar-refractivity contribution in [1.82, 2.24) is 4.98 Å². The Morgan fingerprint density at radius 3 is 2.82 bits per heavy atom. The van der Waals surface area contributed by atoms with E-state index in [0.29, 0.717) is 5.02 Å². The van der Waals surface area contributed by atoms with Gasteiger partial charge in [0.1, 0.15) is 0 Å². The fourth-order valence-electron chi connectivity index (χ4n) is 2.40. The normalized spacial score (nSPS) is 21.7. The molecule has 17 heavy (non-hydrogen) atoms. The van der Waals surface area contributed by atoms with Crippen LogP contribution in [0.3, 0.4) is 0 Å². The summed E-state index contributed by atoms with van der Waals surface area (Å²) in [5.41, 5.74) is 1.91. The summed E-state index contributed by atoms with van der Waals surface area (Å²) in [7, 11) is 0. The van der Waals surface area contributed by atoms with Crippen LogP contribution in [0.25, 0.3) is 10.9 Å². The van der Waals surface area contributed by atoms with Crippen molar-refractivity contribution in [2.75, 3.05) is 0 Å². The fourth-order valence-corrected chi connectivity index (χ4v) is 2.57. The maximum absolute atomic E-state index is 12.3. The van der Waals surface area contributed by atoms with Crippen LogP contribution in [0.5, 0.6) is 0 Å². The molecule has 1 unspecified atom stereocenters. The van der Waals surface area contributed by atoms with Crippen molar-refractivity contribution in [1.29, 1.82) is 0 Å². The molecule has 2 nitrogen and oxygen atoms in total. The molecule has 2 aromatic rings. The number of nitrogens with one attached hydrogen (secondary N) is 1. The summed E-state index contributed by atoms with van der Waals surface area (Å²) >= 11 is 5.98. The third kappa shape index (κ3) is 1.67. The molecule has 0 radical (unpaired) electrons. The average molecular weight is 248 g/mol. The molecular formula is C14H14ClNO. The lowest BCUT2D eigenvalue weighted by molar-refractivity contribution is 0.0955. The first-order chi connectivity index (χ1) is 7.99.